The van der Waals surface area contributed by atoms with Crippen LogP contribution in [0.2, 0.25) is 0 Å². The van der Waals surface area contributed by atoms with Crippen LogP contribution >= 0.6 is 0 Å². The molecule has 0 heterocycles. The lowest BCUT2D eigenvalue weighted by molar-refractivity contribution is 0.0280. The van der Waals surface area contributed by atoms with Gasteiger partial charge in [0, 0.05) is 34.9 Å². The lowest BCUT2D eigenvalue weighted by Crippen LogP contribution is -2.31. The Bertz CT molecular complexity index is 417. The summed E-state index contributed by atoms with van der Waals surface area (Å²) in [4.78, 5) is 0. The molecule has 0 saturated heterocycles. The van der Waals surface area contributed by atoms with E-state index in [0.717, 1.165) is 6.42 Å². The Labute approximate surface area is 121 Å². The van der Waals surface area contributed by atoms with Gasteiger partial charge in [-0.05, 0) is 19.0 Å². The van der Waals surface area contributed by atoms with Gasteiger partial charge in [0.1, 0.15) is 5.82 Å². The molecular weight excluding hydrogens is 281 g/mol. The summed E-state index contributed by atoms with van der Waals surface area (Å²) in [6.45, 7) is 1.43. The number of ether oxygens (including phenoxy) is 1. The van der Waals surface area contributed by atoms with Crippen LogP contribution in [-0.2, 0) is 22.1 Å². The molecule has 0 bridgehead atoms. The molecule has 2 unspecified atom stereocenters. The van der Waals surface area contributed by atoms with Crippen molar-refractivity contribution in [1.82, 2.24) is 5.32 Å². The normalized spacial score (nSPS) is 14.2. The van der Waals surface area contributed by atoms with Gasteiger partial charge in [0.2, 0.25) is 0 Å². The van der Waals surface area contributed by atoms with Crippen LogP contribution in [0.5, 0.6) is 0 Å². The first kappa shape index (κ1) is 17.2. The molecule has 0 radical (unpaired) electrons. The highest BCUT2D eigenvalue weighted by atomic mass is 32.2. The predicted octanol–water partition coefficient (Wildman–Crippen LogP) is 1.06. The number of aliphatic hydroxyl groups is 1. The molecule has 1 rings (SSSR count). The van der Waals surface area contributed by atoms with Crippen molar-refractivity contribution < 1.29 is 18.4 Å². The smallest absolute Gasteiger partial charge is 0.128 e. The first-order chi connectivity index (χ1) is 9.59. The molecule has 0 aliphatic heterocycles. The van der Waals surface area contributed by atoms with Crippen molar-refractivity contribution in [2.24, 2.45) is 0 Å². The van der Waals surface area contributed by atoms with Crippen molar-refractivity contribution in [1.29, 1.82) is 0 Å². The lowest BCUT2D eigenvalue weighted by atomic mass is 10.2. The summed E-state index contributed by atoms with van der Waals surface area (Å²) in [5.74, 6) is 0.361. The van der Waals surface area contributed by atoms with Crippen molar-refractivity contribution in [2.45, 2.75) is 19.1 Å². The average Bonchev–Trinajstić information content (AvgIpc) is 2.40. The molecule has 0 fully saturated rings. The number of halogens is 1. The van der Waals surface area contributed by atoms with E-state index in [1.165, 1.54) is 6.07 Å². The molecule has 20 heavy (non-hydrogen) atoms. The third-order valence-electron chi connectivity index (χ3n) is 2.69. The van der Waals surface area contributed by atoms with Crippen LogP contribution in [0.4, 0.5) is 4.39 Å². The van der Waals surface area contributed by atoms with E-state index in [9.17, 15) is 13.7 Å². The van der Waals surface area contributed by atoms with Gasteiger partial charge in [-0.2, -0.15) is 0 Å². The topological polar surface area (TPSA) is 58.6 Å². The molecule has 2 N–H and O–H groups in total. The minimum absolute atomic E-state index is 0.151. The van der Waals surface area contributed by atoms with E-state index >= 15 is 0 Å². The van der Waals surface area contributed by atoms with Crippen molar-refractivity contribution in [3.05, 3.63) is 35.6 Å². The second-order valence-electron chi connectivity index (χ2n) is 4.60. The quantitative estimate of drug-likeness (QED) is 0.635. The fourth-order valence-corrected chi connectivity index (χ4v) is 2.20. The van der Waals surface area contributed by atoms with Crippen LogP contribution in [0.1, 0.15) is 12.0 Å². The van der Waals surface area contributed by atoms with Gasteiger partial charge >= 0.3 is 0 Å². The van der Waals surface area contributed by atoms with E-state index in [1.807, 2.05) is 0 Å². The minimum atomic E-state index is -0.771. The fourth-order valence-electron chi connectivity index (χ4n) is 1.65. The number of nitrogens with one attached hydrogen (secondary N) is 1. The Morgan fingerprint density at radius 2 is 2.20 bits per heavy atom. The molecule has 6 heteroatoms. The summed E-state index contributed by atoms with van der Waals surface area (Å²) in [6, 6.07) is 6.41. The molecule has 4 nitrogen and oxygen atoms in total. The average molecular weight is 303 g/mol. The first-order valence-electron chi connectivity index (χ1n) is 6.59. The highest BCUT2D eigenvalue weighted by molar-refractivity contribution is 7.84. The van der Waals surface area contributed by atoms with Crippen LogP contribution in [0.25, 0.3) is 0 Å². The summed E-state index contributed by atoms with van der Waals surface area (Å²) in [6.07, 6.45) is 1.85. The molecule has 1 aromatic carbocycles. The third kappa shape index (κ3) is 7.69. The maximum absolute atomic E-state index is 13.3. The summed E-state index contributed by atoms with van der Waals surface area (Å²) >= 11 is 0. The van der Waals surface area contributed by atoms with E-state index in [0.29, 0.717) is 24.4 Å². The maximum atomic E-state index is 13.3. The van der Waals surface area contributed by atoms with Crippen molar-refractivity contribution in [3.8, 4) is 0 Å². The summed E-state index contributed by atoms with van der Waals surface area (Å²) in [5.41, 5.74) is 0.484. The van der Waals surface area contributed by atoms with Gasteiger partial charge in [-0.15, -0.1) is 0 Å². The largest absolute Gasteiger partial charge is 0.389 e. The molecule has 0 amide bonds. The van der Waals surface area contributed by atoms with E-state index in [1.54, 1.807) is 24.5 Å². The Kier molecular flexibility index (Phi) is 8.60. The van der Waals surface area contributed by atoms with Gasteiger partial charge in [0.15, 0.2) is 0 Å². The van der Waals surface area contributed by atoms with Gasteiger partial charge in [0.25, 0.3) is 0 Å². The zero-order chi connectivity index (χ0) is 14.8. The van der Waals surface area contributed by atoms with Crippen molar-refractivity contribution >= 4 is 10.8 Å². The molecular formula is C14H22FNO3S. The second kappa shape index (κ2) is 9.99. The molecule has 114 valence electrons. The fraction of sp³-hybridized carbons (Fsp3) is 0.571. The van der Waals surface area contributed by atoms with Gasteiger partial charge in [0.05, 0.1) is 19.3 Å². The van der Waals surface area contributed by atoms with E-state index in [-0.39, 0.29) is 19.0 Å². The van der Waals surface area contributed by atoms with Crippen LogP contribution in [0.3, 0.4) is 0 Å². The standard InChI is InChI=1S/C14H22FNO3S/c1-20(18)8-4-7-16-9-13(17)11-19-10-12-5-2-3-6-14(12)15/h2-3,5-6,13,16-17H,4,7-11H2,1H3. The molecule has 0 aliphatic carbocycles. The zero-order valence-electron chi connectivity index (χ0n) is 11.7. The molecule has 0 aromatic heterocycles. The van der Waals surface area contributed by atoms with E-state index in [2.05, 4.69) is 5.32 Å². The molecule has 0 spiro atoms. The molecule has 0 saturated carbocycles. The number of hydrogen-bond acceptors (Lipinski definition) is 4. The first-order valence-corrected chi connectivity index (χ1v) is 8.32. The lowest BCUT2D eigenvalue weighted by Gasteiger charge is -2.12. The number of hydrogen-bond donors (Lipinski definition) is 2. The summed E-state index contributed by atoms with van der Waals surface area (Å²) in [7, 11) is -0.771. The summed E-state index contributed by atoms with van der Waals surface area (Å²) in [5, 5.41) is 12.7. The van der Waals surface area contributed by atoms with Crippen LogP contribution in [-0.4, -0.2) is 47.1 Å². The predicted molar refractivity (Wildman–Crippen MR) is 78.5 cm³/mol. The number of rotatable bonds is 10. The highest BCUT2D eigenvalue weighted by Crippen LogP contribution is 2.07. The minimum Gasteiger partial charge on any atom is -0.389 e. The van der Waals surface area contributed by atoms with E-state index in [4.69, 9.17) is 4.74 Å². The molecule has 0 aliphatic rings. The summed E-state index contributed by atoms with van der Waals surface area (Å²) < 4.78 is 29.4. The van der Waals surface area contributed by atoms with Crippen LogP contribution < -0.4 is 5.32 Å². The third-order valence-corrected chi connectivity index (χ3v) is 3.55. The van der Waals surface area contributed by atoms with Crippen molar-refractivity contribution in [3.63, 3.8) is 0 Å². The van der Waals surface area contributed by atoms with Crippen molar-refractivity contribution in [2.75, 3.05) is 31.7 Å². The Morgan fingerprint density at radius 3 is 2.90 bits per heavy atom. The molecule has 2 atom stereocenters. The Hall–Kier alpha value is -0.820. The van der Waals surface area contributed by atoms with Crippen LogP contribution in [0, 0.1) is 5.82 Å². The monoisotopic (exact) mass is 303 g/mol. The van der Waals surface area contributed by atoms with E-state index < -0.39 is 16.9 Å². The number of benzene rings is 1. The van der Waals surface area contributed by atoms with Gasteiger partial charge in [-0.3, -0.25) is 4.21 Å². The van der Waals surface area contributed by atoms with Gasteiger partial charge in [-0.25, -0.2) is 4.39 Å². The highest BCUT2D eigenvalue weighted by Gasteiger charge is 2.05. The Morgan fingerprint density at radius 1 is 1.45 bits per heavy atom. The maximum Gasteiger partial charge on any atom is 0.128 e. The number of aliphatic hydroxyl groups excluding tert-OH is 1. The second-order valence-corrected chi connectivity index (χ2v) is 6.15. The van der Waals surface area contributed by atoms with Crippen LogP contribution in [0.15, 0.2) is 24.3 Å². The molecule has 1 aromatic rings. The van der Waals surface area contributed by atoms with Gasteiger partial charge in [-0.1, -0.05) is 18.2 Å². The van der Waals surface area contributed by atoms with Gasteiger partial charge < -0.3 is 15.2 Å². The SMILES string of the molecule is CS(=O)CCCNCC(O)COCc1ccccc1F. The zero-order valence-corrected chi connectivity index (χ0v) is 12.5. The Balaban J connectivity index is 2.07.